The molecule has 98 valence electrons. The molecule has 1 saturated heterocycles. The fourth-order valence-corrected chi connectivity index (χ4v) is 2.70. The summed E-state index contributed by atoms with van der Waals surface area (Å²) in [5, 5.41) is 0.387. The van der Waals surface area contributed by atoms with Crippen molar-refractivity contribution in [3.63, 3.8) is 0 Å². The molecule has 0 aliphatic carbocycles. The summed E-state index contributed by atoms with van der Waals surface area (Å²) in [6.07, 6.45) is 1.10. The second-order valence-corrected chi connectivity index (χ2v) is 5.75. The number of aryl methyl sites for hydroxylation is 1. The third-order valence-corrected chi connectivity index (χ3v) is 3.82. The Hall–Kier alpha value is -1.09. The lowest BCUT2D eigenvalue weighted by atomic mass is 9.95. The van der Waals surface area contributed by atoms with Crippen molar-refractivity contribution >= 4 is 17.5 Å². The van der Waals surface area contributed by atoms with Gasteiger partial charge in [-0.25, -0.2) is 4.98 Å². The molecule has 1 aliphatic rings. The van der Waals surface area contributed by atoms with E-state index in [1.165, 1.54) is 0 Å². The van der Waals surface area contributed by atoms with Crippen LogP contribution in [0, 0.1) is 18.8 Å². The van der Waals surface area contributed by atoms with Crippen molar-refractivity contribution in [2.75, 3.05) is 13.1 Å². The molecule has 1 atom stereocenters. The van der Waals surface area contributed by atoms with E-state index in [1.54, 1.807) is 12.1 Å². The monoisotopic (exact) mass is 266 g/mol. The molecule has 1 unspecified atom stereocenters. The van der Waals surface area contributed by atoms with Crippen molar-refractivity contribution in [1.82, 2.24) is 9.88 Å². The van der Waals surface area contributed by atoms with Crippen LogP contribution in [0.5, 0.6) is 0 Å². The number of rotatable bonds is 2. The molecular formula is C14H19ClN2O. The van der Waals surface area contributed by atoms with Crippen molar-refractivity contribution in [2.45, 2.75) is 27.2 Å². The number of pyridine rings is 1. The highest BCUT2D eigenvalue weighted by Crippen LogP contribution is 2.25. The largest absolute Gasteiger partial charge is 0.338 e. The van der Waals surface area contributed by atoms with Crippen LogP contribution >= 0.6 is 11.6 Å². The van der Waals surface area contributed by atoms with Gasteiger partial charge in [0.05, 0.1) is 0 Å². The average molecular weight is 267 g/mol. The first-order chi connectivity index (χ1) is 8.47. The van der Waals surface area contributed by atoms with Gasteiger partial charge in [-0.05, 0) is 37.3 Å². The highest BCUT2D eigenvalue weighted by molar-refractivity contribution is 6.29. The summed E-state index contributed by atoms with van der Waals surface area (Å²) in [7, 11) is 0. The minimum atomic E-state index is 0.0746. The number of amides is 1. The molecule has 18 heavy (non-hydrogen) atoms. The number of carbonyl (C=O) groups is 1. The molecule has 1 aromatic heterocycles. The van der Waals surface area contributed by atoms with Crippen LogP contribution in [0.1, 0.15) is 36.3 Å². The molecule has 0 spiro atoms. The Morgan fingerprint density at radius 2 is 2.22 bits per heavy atom. The maximum absolute atomic E-state index is 12.4. The minimum Gasteiger partial charge on any atom is -0.338 e. The zero-order chi connectivity index (χ0) is 13.3. The molecule has 0 saturated carbocycles. The predicted molar refractivity (Wildman–Crippen MR) is 72.8 cm³/mol. The van der Waals surface area contributed by atoms with Crippen molar-refractivity contribution in [3.05, 3.63) is 28.5 Å². The summed E-state index contributed by atoms with van der Waals surface area (Å²) in [5.41, 5.74) is 1.43. The van der Waals surface area contributed by atoms with E-state index < -0.39 is 0 Å². The number of carbonyl (C=O) groups excluding carboxylic acids is 1. The van der Waals surface area contributed by atoms with E-state index in [9.17, 15) is 4.79 Å². The molecule has 1 aromatic rings. The summed E-state index contributed by atoms with van der Waals surface area (Å²) in [6, 6.07) is 3.45. The van der Waals surface area contributed by atoms with Crippen LogP contribution in [0.2, 0.25) is 5.15 Å². The lowest BCUT2D eigenvalue weighted by Gasteiger charge is -2.18. The predicted octanol–water partition coefficient (Wildman–Crippen LogP) is 3.16. The van der Waals surface area contributed by atoms with E-state index >= 15 is 0 Å². The van der Waals surface area contributed by atoms with Gasteiger partial charge in [-0.1, -0.05) is 25.4 Å². The van der Waals surface area contributed by atoms with Crippen LogP contribution in [-0.4, -0.2) is 28.9 Å². The Balaban J connectivity index is 2.12. The zero-order valence-electron chi connectivity index (χ0n) is 11.1. The van der Waals surface area contributed by atoms with Crippen LogP contribution in [-0.2, 0) is 0 Å². The number of hydrogen-bond acceptors (Lipinski definition) is 2. The van der Waals surface area contributed by atoms with E-state index in [0.29, 0.717) is 22.6 Å². The van der Waals surface area contributed by atoms with Crippen molar-refractivity contribution in [2.24, 2.45) is 11.8 Å². The van der Waals surface area contributed by atoms with Crippen LogP contribution in [0.3, 0.4) is 0 Å². The summed E-state index contributed by atoms with van der Waals surface area (Å²) in [5.74, 6) is 1.32. The number of halogens is 1. The Labute approximate surface area is 113 Å². The molecule has 0 radical (unpaired) electrons. The summed E-state index contributed by atoms with van der Waals surface area (Å²) < 4.78 is 0. The fourth-order valence-electron chi connectivity index (χ4n) is 2.45. The van der Waals surface area contributed by atoms with Gasteiger partial charge in [-0.3, -0.25) is 4.79 Å². The zero-order valence-corrected chi connectivity index (χ0v) is 11.9. The standard InChI is InChI=1S/C14H19ClN2O/c1-9(2)11-4-5-17(8-11)14(18)12-6-10(3)16-13(15)7-12/h6-7,9,11H,4-5,8H2,1-3H3. The Bertz CT molecular complexity index is 439. The molecule has 1 amide bonds. The Morgan fingerprint density at radius 1 is 1.50 bits per heavy atom. The average Bonchev–Trinajstić information content (AvgIpc) is 2.75. The first kappa shape index (κ1) is 13.3. The number of aromatic nitrogens is 1. The van der Waals surface area contributed by atoms with E-state index in [0.717, 1.165) is 25.2 Å². The number of nitrogens with zero attached hydrogens (tertiary/aromatic N) is 2. The third kappa shape index (κ3) is 2.83. The first-order valence-electron chi connectivity index (χ1n) is 6.41. The molecule has 1 fully saturated rings. The SMILES string of the molecule is Cc1cc(C(=O)N2CCC(C(C)C)C2)cc(Cl)n1. The quantitative estimate of drug-likeness (QED) is 0.771. The number of hydrogen-bond donors (Lipinski definition) is 0. The second-order valence-electron chi connectivity index (χ2n) is 5.36. The maximum Gasteiger partial charge on any atom is 0.254 e. The lowest BCUT2D eigenvalue weighted by molar-refractivity contribution is 0.0784. The minimum absolute atomic E-state index is 0.0746. The van der Waals surface area contributed by atoms with Crippen LogP contribution in [0.15, 0.2) is 12.1 Å². The van der Waals surface area contributed by atoms with Crippen LogP contribution < -0.4 is 0 Å². The van der Waals surface area contributed by atoms with Gasteiger partial charge in [0.2, 0.25) is 0 Å². The fraction of sp³-hybridized carbons (Fsp3) is 0.571. The van der Waals surface area contributed by atoms with Gasteiger partial charge in [0, 0.05) is 24.3 Å². The molecule has 1 aliphatic heterocycles. The van der Waals surface area contributed by atoms with Gasteiger partial charge in [0.1, 0.15) is 5.15 Å². The molecule has 0 N–H and O–H groups in total. The molecule has 3 nitrogen and oxygen atoms in total. The topological polar surface area (TPSA) is 33.2 Å². The van der Waals surface area contributed by atoms with Gasteiger partial charge in [0.25, 0.3) is 5.91 Å². The molecular weight excluding hydrogens is 248 g/mol. The van der Waals surface area contributed by atoms with E-state index in [2.05, 4.69) is 18.8 Å². The molecule has 2 heterocycles. The van der Waals surface area contributed by atoms with Gasteiger partial charge in [0.15, 0.2) is 0 Å². The van der Waals surface area contributed by atoms with E-state index in [-0.39, 0.29) is 5.91 Å². The normalized spacial score (nSPS) is 19.6. The van der Waals surface area contributed by atoms with Gasteiger partial charge in [-0.15, -0.1) is 0 Å². The maximum atomic E-state index is 12.4. The molecule has 0 bridgehead atoms. The van der Waals surface area contributed by atoms with Gasteiger partial charge < -0.3 is 4.90 Å². The van der Waals surface area contributed by atoms with E-state index in [4.69, 9.17) is 11.6 Å². The third-order valence-electron chi connectivity index (χ3n) is 3.62. The lowest BCUT2D eigenvalue weighted by Crippen LogP contribution is -2.29. The van der Waals surface area contributed by atoms with E-state index in [1.807, 2.05) is 11.8 Å². The van der Waals surface area contributed by atoms with Gasteiger partial charge in [-0.2, -0.15) is 0 Å². The molecule has 4 heteroatoms. The second kappa shape index (κ2) is 5.27. The van der Waals surface area contributed by atoms with Crippen molar-refractivity contribution in [3.8, 4) is 0 Å². The molecule has 2 rings (SSSR count). The number of likely N-dealkylation sites (tertiary alicyclic amines) is 1. The van der Waals surface area contributed by atoms with Crippen molar-refractivity contribution < 1.29 is 4.79 Å². The van der Waals surface area contributed by atoms with Crippen molar-refractivity contribution in [1.29, 1.82) is 0 Å². The Kier molecular flexibility index (Phi) is 3.91. The van der Waals surface area contributed by atoms with Gasteiger partial charge >= 0.3 is 0 Å². The summed E-state index contributed by atoms with van der Waals surface area (Å²) in [4.78, 5) is 18.4. The Morgan fingerprint density at radius 3 is 2.78 bits per heavy atom. The molecule has 0 aromatic carbocycles. The summed E-state index contributed by atoms with van der Waals surface area (Å²) >= 11 is 5.90. The summed E-state index contributed by atoms with van der Waals surface area (Å²) in [6.45, 7) is 7.98. The van der Waals surface area contributed by atoms with Crippen LogP contribution in [0.4, 0.5) is 0 Å². The first-order valence-corrected chi connectivity index (χ1v) is 6.78. The smallest absolute Gasteiger partial charge is 0.254 e. The highest BCUT2D eigenvalue weighted by atomic mass is 35.5. The highest BCUT2D eigenvalue weighted by Gasteiger charge is 2.28. The van der Waals surface area contributed by atoms with Crippen LogP contribution in [0.25, 0.3) is 0 Å².